The van der Waals surface area contributed by atoms with Gasteiger partial charge in [0.2, 0.25) is 0 Å². The molecule has 1 atom stereocenters. The molecule has 1 aliphatic heterocycles. The fraction of sp³-hybridized carbons (Fsp3) is 0.261. The maximum Gasteiger partial charge on any atom is 0.329 e. The van der Waals surface area contributed by atoms with Gasteiger partial charge in [0.1, 0.15) is 18.4 Å². The minimum atomic E-state index is -0.976. The number of amides is 2. The van der Waals surface area contributed by atoms with Crippen LogP contribution in [0.5, 0.6) is 5.75 Å². The van der Waals surface area contributed by atoms with Gasteiger partial charge in [-0.3, -0.25) is 14.5 Å². The first-order chi connectivity index (χ1) is 14.4. The second kappa shape index (κ2) is 9.63. The molecule has 0 spiro atoms. The second-order valence-electron chi connectivity index (χ2n) is 6.80. The van der Waals surface area contributed by atoms with Gasteiger partial charge >= 0.3 is 5.97 Å². The van der Waals surface area contributed by atoms with E-state index in [0.717, 1.165) is 27.8 Å². The highest BCUT2D eigenvalue weighted by Crippen LogP contribution is 2.35. The van der Waals surface area contributed by atoms with Crippen LogP contribution in [0.1, 0.15) is 30.5 Å². The van der Waals surface area contributed by atoms with E-state index in [1.54, 1.807) is 13.0 Å². The largest absolute Gasteiger partial charge is 0.488 e. The number of benzene rings is 2. The van der Waals surface area contributed by atoms with Crippen molar-refractivity contribution in [3.05, 3.63) is 70.1 Å². The molecule has 1 heterocycles. The second-order valence-corrected chi connectivity index (χ2v) is 7.79. The molecular formula is C23H23NO5S. The van der Waals surface area contributed by atoms with Gasteiger partial charge in [0.25, 0.3) is 11.1 Å². The Balaban J connectivity index is 1.79. The Morgan fingerprint density at radius 3 is 2.67 bits per heavy atom. The van der Waals surface area contributed by atoms with Gasteiger partial charge in [-0.05, 0) is 50.2 Å². The van der Waals surface area contributed by atoms with Crippen LogP contribution >= 0.6 is 11.8 Å². The number of carbonyl (C=O) groups is 3. The fourth-order valence-electron chi connectivity index (χ4n) is 3.02. The third-order valence-corrected chi connectivity index (χ3v) is 5.40. The predicted molar refractivity (Wildman–Crippen MR) is 116 cm³/mol. The minimum absolute atomic E-state index is 0.181. The number of ether oxygens (including phenoxy) is 2. The molecule has 1 saturated heterocycles. The average molecular weight is 426 g/mol. The van der Waals surface area contributed by atoms with Crippen molar-refractivity contribution in [1.82, 2.24) is 4.90 Å². The number of hydrogen-bond donors (Lipinski definition) is 0. The van der Waals surface area contributed by atoms with Crippen molar-refractivity contribution in [3.8, 4) is 5.75 Å². The molecule has 6 nitrogen and oxygen atoms in total. The van der Waals surface area contributed by atoms with Crippen molar-refractivity contribution < 1.29 is 23.9 Å². The molecule has 0 saturated carbocycles. The molecule has 0 radical (unpaired) electrons. The average Bonchev–Trinajstić information content (AvgIpc) is 3.00. The molecule has 0 unspecified atom stereocenters. The van der Waals surface area contributed by atoms with Crippen molar-refractivity contribution in [2.75, 3.05) is 6.61 Å². The maximum absolute atomic E-state index is 12.8. The Labute approximate surface area is 179 Å². The summed E-state index contributed by atoms with van der Waals surface area (Å²) in [4.78, 5) is 38.3. The summed E-state index contributed by atoms with van der Waals surface area (Å²) in [5, 5.41) is -0.495. The molecule has 2 aromatic carbocycles. The van der Waals surface area contributed by atoms with E-state index in [9.17, 15) is 14.4 Å². The number of aryl methyl sites for hydroxylation is 1. The Kier molecular flexibility index (Phi) is 6.95. The first-order valence-corrected chi connectivity index (χ1v) is 10.4. The zero-order valence-corrected chi connectivity index (χ0v) is 17.9. The highest BCUT2D eigenvalue weighted by atomic mass is 32.2. The number of thioether (sulfide) groups is 1. The van der Waals surface area contributed by atoms with E-state index in [-0.39, 0.29) is 11.5 Å². The number of imide groups is 1. The fourth-order valence-corrected chi connectivity index (χ4v) is 3.92. The van der Waals surface area contributed by atoms with Gasteiger partial charge in [0.15, 0.2) is 0 Å². The normalized spacial score (nSPS) is 16.1. The summed E-state index contributed by atoms with van der Waals surface area (Å²) in [6.07, 6.45) is 1.62. The summed E-state index contributed by atoms with van der Waals surface area (Å²) in [5.41, 5.74) is 2.86. The summed E-state index contributed by atoms with van der Waals surface area (Å²) in [7, 11) is 0. The van der Waals surface area contributed by atoms with Gasteiger partial charge in [-0.25, -0.2) is 4.79 Å². The van der Waals surface area contributed by atoms with Crippen LogP contribution in [0, 0.1) is 6.92 Å². The van der Waals surface area contributed by atoms with E-state index in [4.69, 9.17) is 9.47 Å². The third-order valence-electron chi connectivity index (χ3n) is 4.52. The lowest BCUT2D eigenvalue weighted by atomic mass is 10.1. The van der Waals surface area contributed by atoms with Crippen molar-refractivity contribution in [3.63, 3.8) is 0 Å². The maximum atomic E-state index is 12.8. The lowest BCUT2D eigenvalue weighted by molar-refractivity contribution is -0.150. The first kappa shape index (κ1) is 21.6. The van der Waals surface area contributed by atoms with Crippen molar-refractivity contribution in [2.24, 2.45) is 0 Å². The SMILES string of the molecule is CCOC(=O)[C@H](C)N1C(=O)S/C(=C/c2ccccc2OCc2cccc(C)c2)C1=O. The number of hydrogen-bond acceptors (Lipinski definition) is 6. The predicted octanol–water partition coefficient (Wildman–Crippen LogP) is 4.56. The topological polar surface area (TPSA) is 72.9 Å². The number of carbonyl (C=O) groups excluding carboxylic acids is 3. The highest BCUT2D eigenvalue weighted by Gasteiger charge is 2.41. The van der Waals surface area contributed by atoms with Gasteiger partial charge < -0.3 is 9.47 Å². The summed E-state index contributed by atoms with van der Waals surface area (Å²) in [5.74, 6) is -0.522. The van der Waals surface area contributed by atoms with E-state index in [1.165, 1.54) is 6.92 Å². The number of para-hydroxylation sites is 1. The molecule has 1 aliphatic rings. The van der Waals surface area contributed by atoms with Gasteiger partial charge in [0, 0.05) is 5.56 Å². The van der Waals surface area contributed by atoms with E-state index in [2.05, 4.69) is 0 Å². The summed E-state index contributed by atoms with van der Waals surface area (Å²) in [6, 6.07) is 14.3. The highest BCUT2D eigenvalue weighted by molar-refractivity contribution is 8.18. The third kappa shape index (κ3) is 4.91. The molecular weight excluding hydrogens is 402 g/mol. The molecule has 0 aromatic heterocycles. The number of esters is 1. The van der Waals surface area contributed by atoms with Crippen LogP contribution < -0.4 is 4.74 Å². The van der Waals surface area contributed by atoms with Gasteiger partial charge in [0.05, 0.1) is 11.5 Å². The molecule has 156 valence electrons. The Bertz CT molecular complexity index is 1000. The molecule has 1 fully saturated rings. The zero-order valence-electron chi connectivity index (χ0n) is 17.1. The summed E-state index contributed by atoms with van der Waals surface area (Å²) < 4.78 is 10.9. The Morgan fingerprint density at radius 2 is 1.93 bits per heavy atom. The molecule has 2 aromatic rings. The Hall–Kier alpha value is -3.06. The minimum Gasteiger partial charge on any atom is -0.488 e. The number of rotatable bonds is 7. The number of nitrogens with zero attached hydrogens (tertiary/aromatic N) is 1. The van der Waals surface area contributed by atoms with Crippen LogP contribution in [-0.2, 0) is 20.9 Å². The van der Waals surface area contributed by atoms with Gasteiger partial charge in [-0.2, -0.15) is 0 Å². The van der Waals surface area contributed by atoms with Gasteiger partial charge in [-0.15, -0.1) is 0 Å². The van der Waals surface area contributed by atoms with Crippen LogP contribution in [0.2, 0.25) is 0 Å². The standard InChI is InChI=1S/C23H23NO5S/c1-4-28-22(26)16(3)24-21(25)20(30-23(24)27)13-18-10-5-6-11-19(18)29-14-17-9-7-8-15(2)12-17/h5-13,16H,4,14H2,1-3H3/b20-13+/t16-/m0/s1. The summed E-state index contributed by atoms with van der Waals surface area (Å²) in [6.45, 7) is 5.74. The van der Waals surface area contributed by atoms with E-state index < -0.39 is 23.2 Å². The van der Waals surface area contributed by atoms with Crippen LogP contribution in [0.15, 0.2) is 53.4 Å². The van der Waals surface area contributed by atoms with Crippen molar-refractivity contribution in [1.29, 1.82) is 0 Å². The zero-order chi connectivity index (χ0) is 21.7. The van der Waals surface area contributed by atoms with Crippen LogP contribution in [-0.4, -0.2) is 34.7 Å². The first-order valence-electron chi connectivity index (χ1n) is 9.61. The quantitative estimate of drug-likeness (QED) is 0.478. The molecule has 2 amide bonds. The summed E-state index contributed by atoms with van der Waals surface area (Å²) >= 11 is 0.801. The molecule has 0 N–H and O–H groups in total. The van der Waals surface area contributed by atoms with Gasteiger partial charge in [-0.1, -0.05) is 48.0 Å². The van der Waals surface area contributed by atoms with E-state index in [1.807, 2.05) is 55.5 Å². The van der Waals surface area contributed by atoms with Crippen molar-refractivity contribution in [2.45, 2.75) is 33.4 Å². The lowest BCUT2D eigenvalue weighted by Crippen LogP contribution is -2.42. The molecule has 0 aliphatic carbocycles. The smallest absolute Gasteiger partial charge is 0.329 e. The van der Waals surface area contributed by atoms with Crippen LogP contribution in [0.4, 0.5) is 4.79 Å². The van der Waals surface area contributed by atoms with E-state index >= 15 is 0 Å². The van der Waals surface area contributed by atoms with Crippen LogP contribution in [0.25, 0.3) is 6.08 Å². The Morgan fingerprint density at radius 1 is 1.17 bits per heavy atom. The molecule has 0 bridgehead atoms. The molecule has 30 heavy (non-hydrogen) atoms. The van der Waals surface area contributed by atoms with E-state index in [0.29, 0.717) is 17.9 Å². The van der Waals surface area contributed by atoms with Crippen molar-refractivity contribution >= 4 is 35.0 Å². The lowest BCUT2D eigenvalue weighted by Gasteiger charge is -2.19. The molecule has 7 heteroatoms. The molecule has 3 rings (SSSR count). The monoisotopic (exact) mass is 425 g/mol. The van der Waals surface area contributed by atoms with Crippen LogP contribution in [0.3, 0.4) is 0 Å².